The number of aromatic nitrogens is 5. The van der Waals surface area contributed by atoms with Gasteiger partial charge in [-0.3, -0.25) is 10.1 Å². The van der Waals surface area contributed by atoms with Crippen LogP contribution >= 0.6 is 0 Å². The highest BCUT2D eigenvalue weighted by molar-refractivity contribution is 6.00. The van der Waals surface area contributed by atoms with Gasteiger partial charge in [0.05, 0.1) is 23.1 Å². The Morgan fingerprint density at radius 1 is 0.844 bits per heavy atom. The molecule has 6 aromatic rings. The Labute approximate surface area is 181 Å². The molecule has 6 nitrogen and oxygen atoms in total. The van der Waals surface area contributed by atoms with Crippen molar-refractivity contribution < 1.29 is 9.50 Å². The molecular formula is C25H16FN5O. The first-order chi connectivity index (χ1) is 15.7. The van der Waals surface area contributed by atoms with Crippen molar-refractivity contribution in [3.63, 3.8) is 0 Å². The number of nitrogens with one attached hydrogen (secondary N) is 2. The minimum atomic E-state index is -0.265. The Kier molecular flexibility index (Phi) is 4.01. The van der Waals surface area contributed by atoms with E-state index in [4.69, 9.17) is 4.98 Å². The fourth-order valence-electron chi connectivity index (χ4n) is 4.01. The van der Waals surface area contributed by atoms with Gasteiger partial charge in [-0.05, 0) is 42.0 Å². The van der Waals surface area contributed by atoms with Crippen LogP contribution in [-0.4, -0.2) is 30.3 Å². The zero-order chi connectivity index (χ0) is 21.7. The number of benzene rings is 2. The van der Waals surface area contributed by atoms with E-state index in [-0.39, 0.29) is 11.6 Å². The lowest BCUT2D eigenvalue weighted by atomic mass is 10.0. The molecule has 0 atom stereocenters. The molecule has 0 unspecified atom stereocenters. The molecule has 0 saturated heterocycles. The lowest BCUT2D eigenvalue weighted by Crippen LogP contribution is -1.86. The van der Waals surface area contributed by atoms with Crippen molar-refractivity contribution in [2.75, 3.05) is 0 Å². The van der Waals surface area contributed by atoms with Gasteiger partial charge < -0.3 is 10.1 Å². The van der Waals surface area contributed by atoms with E-state index in [1.807, 2.05) is 42.5 Å². The number of H-pyrrole nitrogens is 2. The first kappa shape index (κ1) is 18.3. The number of hydrogen-bond donors (Lipinski definition) is 3. The van der Waals surface area contributed by atoms with Gasteiger partial charge in [0.15, 0.2) is 0 Å². The van der Waals surface area contributed by atoms with Crippen molar-refractivity contribution in [1.82, 2.24) is 25.1 Å². The van der Waals surface area contributed by atoms with Crippen molar-refractivity contribution in [1.29, 1.82) is 0 Å². The third kappa shape index (κ3) is 2.91. The average Bonchev–Trinajstić information content (AvgIpc) is 3.43. The third-order valence-electron chi connectivity index (χ3n) is 5.51. The molecule has 2 aromatic carbocycles. The summed E-state index contributed by atoms with van der Waals surface area (Å²) < 4.78 is 14.5. The molecule has 154 valence electrons. The maximum Gasteiger partial charge on any atom is 0.135 e. The average molecular weight is 421 g/mol. The molecule has 0 aliphatic carbocycles. The fraction of sp³-hybridized carbons (Fsp3) is 0. The van der Waals surface area contributed by atoms with Crippen LogP contribution in [0.1, 0.15) is 0 Å². The van der Waals surface area contributed by atoms with Crippen molar-refractivity contribution in [2.24, 2.45) is 0 Å². The number of halogens is 1. The number of fused-ring (bicyclic) bond motifs is 2. The van der Waals surface area contributed by atoms with Gasteiger partial charge in [-0.15, -0.1) is 0 Å². The summed E-state index contributed by atoms with van der Waals surface area (Å²) in [5.41, 5.74) is 6.51. The number of aromatic hydroxyl groups is 1. The molecular weight excluding hydrogens is 405 g/mol. The second-order valence-corrected chi connectivity index (χ2v) is 7.53. The normalized spacial score (nSPS) is 11.4. The minimum absolute atomic E-state index is 0.0769. The summed E-state index contributed by atoms with van der Waals surface area (Å²) in [7, 11) is 0. The lowest BCUT2D eigenvalue weighted by Gasteiger charge is -2.04. The quantitative estimate of drug-likeness (QED) is 0.343. The molecule has 0 bridgehead atoms. The molecule has 0 aliphatic rings. The molecule has 0 radical (unpaired) electrons. The van der Waals surface area contributed by atoms with E-state index >= 15 is 0 Å². The Hall–Kier alpha value is -4.52. The van der Waals surface area contributed by atoms with Crippen LogP contribution in [0.3, 0.4) is 0 Å². The van der Waals surface area contributed by atoms with E-state index in [2.05, 4.69) is 20.2 Å². The van der Waals surface area contributed by atoms with E-state index in [9.17, 15) is 9.50 Å². The monoisotopic (exact) mass is 421 g/mol. The molecule has 7 heteroatoms. The summed E-state index contributed by atoms with van der Waals surface area (Å²) in [4.78, 5) is 12.2. The lowest BCUT2D eigenvalue weighted by molar-refractivity contribution is 0.473. The van der Waals surface area contributed by atoms with Crippen molar-refractivity contribution in [2.45, 2.75) is 0 Å². The van der Waals surface area contributed by atoms with Crippen LogP contribution in [0.25, 0.3) is 55.7 Å². The summed E-state index contributed by atoms with van der Waals surface area (Å²) in [6.07, 6.45) is 3.03. The van der Waals surface area contributed by atoms with Gasteiger partial charge in [-0.1, -0.05) is 30.3 Å². The van der Waals surface area contributed by atoms with E-state index in [0.29, 0.717) is 28.0 Å². The molecule has 0 fully saturated rings. The van der Waals surface area contributed by atoms with Crippen LogP contribution in [0.4, 0.5) is 4.39 Å². The van der Waals surface area contributed by atoms with Crippen LogP contribution in [-0.2, 0) is 0 Å². The van der Waals surface area contributed by atoms with Crippen molar-refractivity contribution in [3.8, 4) is 39.5 Å². The number of nitrogens with zero attached hydrogens (tertiary/aromatic N) is 3. The highest BCUT2D eigenvalue weighted by atomic mass is 19.1. The molecule has 0 saturated carbocycles. The molecule has 6 rings (SSSR count). The summed E-state index contributed by atoms with van der Waals surface area (Å²) in [5, 5.41) is 18.2. The number of hydrogen-bond acceptors (Lipinski definition) is 4. The summed E-state index contributed by atoms with van der Waals surface area (Å²) >= 11 is 0. The third-order valence-corrected chi connectivity index (χ3v) is 5.51. The molecule has 0 amide bonds. The Morgan fingerprint density at radius 2 is 1.72 bits per heavy atom. The van der Waals surface area contributed by atoms with Gasteiger partial charge in [-0.2, -0.15) is 5.10 Å². The SMILES string of the molecule is Oc1cncc(-c2ccc3[nH]nc(-c4cc5c(-c6ccccc6F)cccc5[nH]4)c3n2)c1. The van der Waals surface area contributed by atoms with Crippen LogP contribution in [0, 0.1) is 5.82 Å². The molecule has 0 spiro atoms. The first-order valence-electron chi connectivity index (χ1n) is 10.0. The molecule has 3 N–H and O–H groups in total. The van der Waals surface area contributed by atoms with E-state index in [1.54, 1.807) is 24.4 Å². The maximum absolute atomic E-state index is 14.5. The van der Waals surface area contributed by atoms with Crippen LogP contribution < -0.4 is 0 Å². The summed E-state index contributed by atoms with van der Waals surface area (Å²) in [6.45, 7) is 0. The zero-order valence-corrected chi connectivity index (χ0v) is 16.7. The van der Waals surface area contributed by atoms with Gasteiger partial charge in [-0.25, -0.2) is 9.37 Å². The number of pyridine rings is 2. The Balaban J connectivity index is 1.52. The number of aromatic amines is 2. The largest absolute Gasteiger partial charge is 0.506 e. The van der Waals surface area contributed by atoms with Gasteiger partial charge in [0.2, 0.25) is 0 Å². The second-order valence-electron chi connectivity index (χ2n) is 7.53. The molecule has 0 aliphatic heterocycles. The van der Waals surface area contributed by atoms with E-state index in [0.717, 1.165) is 27.7 Å². The predicted molar refractivity (Wildman–Crippen MR) is 121 cm³/mol. The fourth-order valence-corrected chi connectivity index (χ4v) is 4.01. The molecule has 4 heterocycles. The number of rotatable bonds is 3. The second kappa shape index (κ2) is 7.02. The minimum Gasteiger partial charge on any atom is -0.506 e. The highest BCUT2D eigenvalue weighted by Crippen LogP contribution is 2.35. The van der Waals surface area contributed by atoms with Crippen molar-refractivity contribution >= 4 is 21.9 Å². The van der Waals surface area contributed by atoms with Gasteiger partial charge in [0.1, 0.15) is 22.8 Å². The van der Waals surface area contributed by atoms with Gasteiger partial charge >= 0.3 is 0 Å². The van der Waals surface area contributed by atoms with Gasteiger partial charge in [0, 0.05) is 28.2 Å². The van der Waals surface area contributed by atoms with E-state index in [1.165, 1.54) is 12.3 Å². The van der Waals surface area contributed by atoms with Crippen LogP contribution in [0.5, 0.6) is 5.75 Å². The molecule has 4 aromatic heterocycles. The first-order valence-corrected chi connectivity index (χ1v) is 10.0. The Morgan fingerprint density at radius 3 is 2.59 bits per heavy atom. The van der Waals surface area contributed by atoms with E-state index < -0.39 is 0 Å². The predicted octanol–water partition coefficient (Wildman–Crippen LogP) is 5.68. The Bertz CT molecular complexity index is 1620. The summed E-state index contributed by atoms with van der Waals surface area (Å²) in [5.74, 6) is -0.188. The van der Waals surface area contributed by atoms with Crippen LogP contribution in [0.15, 0.2) is 79.1 Å². The topological polar surface area (TPSA) is 90.5 Å². The molecule has 32 heavy (non-hydrogen) atoms. The van der Waals surface area contributed by atoms with Gasteiger partial charge in [0.25, 0.3) is 0 Å². The highest BCUT2D eigenvalue weighted by Gasteiger charge is 2.16. The maximum atomic E-state index is 14.5. The van der Waals surface area contributed by atoms with Crippen molar-refractivity contribution in [3.05, 3.63) is 84.9 Å². The van der Waals surface area contributed by atoms with Crippen LogP contribution in [0.2, 0.25) is 0 Å². The standard InChI is InChI=1S/C25H16FN5O/c26-19-6-2-1-4-17(19)16-5-3-7-21-18(16)11-23(28-21)25-24-22(30-31-25)9-8-20(29-24)14-10-15(32)13-27-12-14/h1-13,28,32H,(H,30,31). The zero-order valence-electron chi connectivity index (χ0n) is 16.7. The smallest absolute Gasteiger partial charge is 0.135 e. The summed E-state index contributed by atoms with van der Waals surface area (Å²) in [6, 6.07) is 19.8.